The number of Topliss-reactive ketones (excluding diaryl/α,β-unsaturated/α-hetero) is 2. The van der Waals surface area contributed by atoms with Crippen molar-refractivity contribution in [3.05, 3.63) is 39.8 Å². The second-order valence-electron chi connectivity index (χ2n) is 5.38. The van der Waals surface area contributed by atoms with Crippen LogP contribution in [0.15, 0.2) is 24.3 Å². The lowest BCUT2D eigenvalue weighted by Gasteiger charge is -2.00. The van der Waals surface area contributed by atoms with E-state index in [1.165, 1.54) is 0 Å². The van der Waals surface area contributed by atoms with Crippen molar-refractivity contribution in [1.29, 1.82) is 0 Å². The van der Waals surface area contributed by atoms with Crippen LogP contribution in [0.1, 0.15) is 26.8 Å². The highest BCUT2D eigenvalue weighted by Crippen LogP contribution is 2.20. The number of anilines is 1. The number of thiazole rings is 1. The molecule has 0 saturated carbocycles. The summed E-state index contributed by atoms with van der Waals surface area (Å²) >= 11 is 5.83. The Hall–Kier alpha value is -2.98. The van der Waals surface area contributed by atoms with Gasteiger partial charge in [0.05, 0.1) is 28.0 Å². The van der Waals surface area contributed by atoms with Gasteiger partial charge < -0.3 is 10.7 Å². The van der Waals surface area contributed by atoms with Gasteiger partial charge in [0.1, 0.15) is 4.99 Å². The number of fused-ring (bicyclic) bond motifs is 1. The van der Waals surface area contributed by atoms with E-state index in [4.69, 9.17) is 18.0 Å². The van der Waals surface area contributed by atoms with Gasteiger partial charge in [-0.1, -0.05) is 24.4 Å². The molecule has 0 aliphatic heterocycles. The number of nitrogens with two attached hydrogens (primary N) is 1. The Morgan fingerprint density at radius 3 is 2.65 bits per heavy atom. The zero-order chi connectivity index (χ0) is 18.8. The third kappa shape index (κ3) is 3.65. The van der Waals surface area contributed by atoms with E-state index in [-0.39, 0.29) is 15.8 Å². The number of imidazole rings is 1. The van der Waals surface area contributed by atoms with Crippen molar-refractivity contribution in [1.82, 2.24) is 15.0 Å². The number of hydrogen-bond donors (Lipinski definition) is 3. The number of carbonyl (C=O) groups is 3. The van der Waals surface area contributed by atoms with Crippen molar-refractivity contribution in [3.8, 4) is 0 Å². The molecule has 0 radical (unpaired) electrons. The third-order valence-corrected chi connectivity index (χ3v) is 5.01. The van der Waals surface area contributed by atoms with Gasteiger partial charge in [-0.05, 0) is 19.1 Å². The summed E-state index contributed by atoms with van der Waals surface area (Å²) in [6.07, 6.45) is -0.578. The first kappa shape index (κ1) is 17.8. The molecule has 0 fully saturated rings. The van der Waals surface area contributed by atoms with Crippen molar-refractivity contribution in [3.63, 3.8) is 0 Å². The van der Waals surface area contributed by atoms with Crippen LogP contribution in [0.4, 0.5) is 5.95 Å². The molecule has 10 heteroatoms. The number of carbonyl (C=O) groups excluding carboxylic acids is 3. The summed E-state index contributed by atoms with van der Waals surface area (Å²) in [5, 5.41) is 2.71. The first-order valence-corrected chi connectivity index (χ1v) is 8.67. The lowest BCUT2D eigenvalue weighted by atomic mass is 10.1. The topological polar surface area (TPSA) is 131 Å². The normalized spacial score (nSPS) is 10.7. The van der Waals surface area contributed by atoms with E-state index in [1.807, 2.05) is 6.07 Å². The van der Waals surface area contributed by atoms with Gasteiger partial charge in [0.25, 0.3) is 5.91 Å². The Labute approximate surface area is 156 Å². The molecule has 0 saturated heterocycles. The van der Waals surface area contributed by atoms with Gasteiger partial charge in [0.2, 0.25) is 11.7 Å². The summed E-state index contributed by atoms with van der Waals surface area (Å²) < 4.78 is 0. The number of aromatic amines is 1. The van der Waals surface area contributed by atoms with Crippen molar-refractivity contribution in [2.24, 2.45) is 5.73 Å². The van der Waals surface area contributed by atoms with Crippen molar-refractivity contribution >= 4 is 63.0 Å². The largest absolute Gasteiger partial charge is 0.387 e. The summed E-state index contributed by atoms with van der Waals surface area (Å²) in [6.45, 7) is 1.62. The second-order valence-corrected chi connectivity index (χ2v) is 6.82. The Bertz CT molecular complexity index is 1020. The molecule has 4 N–H and O–H groups in total. The van der Waals surface area contributed by atoms with E-state index < -0.39 is 23.9 Å². The summed E-state index contributed by atoms with van der Waals surface area (Å²) in [7, 11) is 0. The fourth-order valence-electron chi connectivity index (χ4n) is 2.26. The molecule has 0 atom stereocenters. The molecular weight excluding hydrogens is 374 g/mol. The van der Waals surface area contributed by atoms with E-state index in [2.05, 4.69) is 20.3 Å². The minimum atomic E-state index is -0.922. The van der Waals surface area contributed by atoms with Crippen molar-refractivity contribution < 1.29 is 14.4 Å². The van der Waals surface area contributed by atoms with Gasteiger partial charge in [0, 0.05) is 0 Å². The van der Waals surface area contributed by atoms with E-state index >= 15 is 0 Å². The van der Waals surface area contributed by atoms with Crippen LogP contribution in [0.5, 0.6) is 0 Å². The highest BCUT2D eigenvalue weighted by atomic mass is 32.1. The van der Waals surface area contributed by atoms with E-state index in [9.17, 15) is 14.4 Å². The van der Waals surface area contributed by atoms with E-state index in [1.54, 1.807) is 25.1 Å². The van der Waals surface area contributed by atoms with Gasteiger partial charge in [-0.25, -0.2) is 9.97 Å². The van der Waals surface area contributed by atoms with Crippen molar-refractivity contribution in [2.75, 3.05) is 5.32 Å². The van der Waals surface area contributed by atoms with E-state index in [0.29, 0.717) is 16.2 Å². The van der Waals surface area contributed by atoms with Crippen LogP contribution in [0.25, 0.3) is 11.0 Å². The van der Waals surface area contributed by atoms with Crippen LogP contribution in [-0.4, -0.2) is 37.4 Å². The Morgan fingerprint density at radius 2 is 2.00 bits per heavy atom. The lowest BCUT2D eigenvalue weighted by molar-refractivity contribution is -0.134. The molecule has 0 spiro atoms. The number of ketones is 2. The number of nitrogens with one attached hydrogen (secondary N) is 2. The van der Waals surface area contributed by atoms with Crippen LogP contribution >= 0.6 is 23.6 Å². The van der Waals surface area contributed by atoms with Gasteiger partial charge in [-0.2, -0.15) is 0 Å². The number of nitrogens with zero attached hydrogens (tertiary/aromatic N) is 2. The number of para-hydroxylation sites is 2. The molecule has 0 unspecified atom stereocenters. The fraction of sp³-hybridized carbons (Fsp3) is 0.125. The van der Waals surface area contributed by atoms with Crippen LogP contribution < -0.4 is 11.1 Å². The predicted octanol–water partition coefficient (Wildman–Crippen LogP) is 1.74. The van der Waals surface area contributed by atoms with Gasteiger partial charge in [-0.15, -0.1) is 11.3 Å². The third-order valence-electron chi connectivity index (χ3n) is 3.46. The summed E-state index contributed by atoms with van der Waals surface area (Å²) in [4.78, 5) is 47.8. The molecule has 3 rings (SSSR count). The highest BCUT2D eigenvalue weighted by Gasteiger charge is 2.23. The summed E-state index contributed by atoms with van der Waals surface area (Å²) in [5.74, 6) is -2.16. The maximum absolute atomic E-state index is 12.3. The second kappa shape index (κ2) is 7.10. The smallest absolute Gasteiger partial charge is 0.294 e. The molecule has 8 nitrogen and oxygen atoms in total. The number of aryl methyl sites for hydroxylation is 1. The Morgan fingerprint density at radius 1 is 1.27 bits per heavy atom. The standard InChI is InChI=1S/C16H13N5O3S2/c1-7-12(26-15(18-7)13(17)25)10(22)6-11(23)14(24)21-16-19-8-4-2-3-5-9(8)20-16/h2-5H,6H2,1H3,(H2,17,25)(H2,19,20,21,24). The zero-order valence-corrected chi connectivity index (χ0v) is 15.2. The quantitative estimate of drug-likeness (QED) is 0.254. The Balaban J connectivity index is 1.68. The fourth-order valence-corrected chi connectivity index (χ4v) is 3.28. The monoisotopic (exact) mass is 387 g/mol. The lowest BCUT2D eigenvalue weighted by Crippen LogP contribution is -2.25. The highest BCUT2D eigenvalue weighted by molar-refractivity contribution is 7.81. The summed E-state index contributed by atoms with van der Waals surface area (Å²) in [5.41, 5.74) is 7.28. The molecule has 0 bridgehead atoms. The number of H-pyrrole nitrogens is 1. The number of amides is 1. The van der Waals surface area contributed by atoms with Crippen LogP contribution in [0.3, 0.4) is 0 Å². The first-order valence-electron chi connectivity index (χ1n) is 7.44. The maximum Gasteiger partial charge on any atom is 0.294 e. The van der Waals surface area contributed by atoms with Crippen LogP contribution in [0.2, 0.25) is 0 Å². The maximum atomic E-state index is 12.3. The number of thiocarbonyl (C=S) groups is 1. The molecule has 1 amide bonds. The molecule has 3 aromatic rings. The SMILES string of the molecule is Cc1nc(C(N)=S)sc1C(=O)CC(=O)C(=O)Nc1nc2ccccc2[nH]1. The van der Waals surface area contributed by atoms with Gasteiger partial charge in [-0.3, -0.25) is 19.7 Å². The first-order chi connectivity index (χ1) is 12.3. The van der Waals surface area contributed by atoms with Gasteiger partial charge >= 0.3 is 0 Å². The number of benzene rings is 1. The molecule has 2 heterocycles. The summed E-state index contributed by atoms with van der Waals surface area (Å²) in [6, 6.07) is 7.17. The minimum Gasteiger partial charge on any atom is -0.387 e. The molecule has 1 aromatic carbocycles. The molecule has 132 valence electrons. The zero-order valence-electron chi connectivity index (χ0n) is 13.5. The number of aromatic nitrogens is 3. The van der Waals surface area contributed by atoms with Gasteiger partial charge in [0.15, 0.2) is 10.8 Å². The molecular formula is C16H13N5O3S2. The predicted molar refractivity (Wildman–Crippen MR) is 101 cm³/mol. The number of rotatable bonds is 6. The van der Waals surface area contributed by atoms with Crippen LogP contribution in [-0.2, 0) is 9.59 Å². The molecule has 2 aromatic heterocycles. The average molecular weight is 387 g/mol. The van der Waals surface area contributed by atoms with Crippen LogP contribution in [0, 0.1) is 6.92 Å². The molecule has 0 aliphatic carbocycles. The minimum absolute atomic E-state index is 0.0751. The number of hydrogen-bond acceptors (Lipinski definition) is 7. The molecule has 26 heavy (non-hydrogen) atoms. The van der Waals surface area contributed by atoms with Crippen molar-refractivity contribution in [2.45, 2.75) is 13.3 Å². The average Bonchev–Trinajstić information content (AvgIpc) is 3.17. The molecule has 0 aliphatic rings. The Kier molecular flexibility index (Phi) is 4.87. The van der Waals surface area contributed by atoms with E-state index in [0.717, 1.165) is 16.9 Å².